The van der Waals surface area contributed by atoms with E-state index in [0.29, 0.717) is 6.61 Å². The Bertz CT molecular complexity index is 545. The first-order chi connectivity index (χ1) is 8.84. The van der Waals surface area contributed by atoms with Crippen molar-refractivity contribution < 1.29 is 4.74 Å². The van der Waals surface area contributed by atoms with Gasteiger partial charge in [-0.15, -0.1) is 12.4 Å². The second-order valence-corrected chi connectivity index (χ2v) is 4.76. The normalized spacial score (nSPS) is 17.6. The smallest absolute Gasteiger partial charge is 0.124 e. The lowest BCUT2D eigenvalue weighted by Gasteiger charge is -2.18. The predicted octanol–water partition coefficient (Wildman–Crippen LogP) is 3.83. The third-order valence-electron chi connectivity index (χ3n) is 3.12. The second-order valence-electron chi connectivity index (χ2n) is 4.33. The van der Waals surface area contributed by atoms with Gasteiger partial charge in [0.2, 0.25) is 0 Å². The molecule has 0 fully saturated rings. The average molecular weight is 296 g/mol. The van der Waals surface area contributed by atoms with E-state index in [2.05, 4.69) is 17.4 Å². The zero-order chi connectivity index (χ0) is 12.4. The first kappa shape index (κ1) is 14.2. The van der Waals surface area contributed by atoms with E-state index in [0.717, 1.165) is 22.9 Å². The van der Waals surface area contributed by atoms with Gasteiger partial charge in [0.15, 0.2) is 0 Å². The predicted molar refractivity (Wildman–Crippen MR) is 80.5 cm³/mol. The zero-order valence-electron chi connectivity index (χ0n) is 10.3. The van der Waals surface area contributed by atoms with Crippen LogP contribution in [0.3, 0.4) is 0 Å². The molecule has 0 saturated carbocycles. The number of benzene rings is 2. The highest BCUT2D eigenvalue weighted by Gasteiger charge is 2.20. The molecule has 2 aromatic rings. The molecule has 0 spiro atoms. The van der Waals surface area contributed by atoms with Crippen LogP contribution < -0.4 is 10.1 Å². The Hall–Kier alpha value is -1.22. The largest absolute Gasteiger partial charge is 0.492 e. The lowest BCUT2D eigenvalue weighted by Crippen LogP contribution is -2.23. The molecule has 3 rings (SSSR count). The van der Waals surface area contributed by atoms with Crippen LogP contribution in [0.15, 0.2) is 48.5 Å². The Morgan fingerprint density at radius 1 is 1.11 bits per heavy atom. The fourth-order valence-electron chi connectivity index (χ4n) is 2.29. The van der Waals surface area contributed by atoms with Gasteiger partial charge >= 0.3 is 0 Å². The summed E-state index contributed by atoms with van der Waals surface area (Å²) in [6, 6.07) is 16.3. The summed E-state index contributed by atoms with van der Waals surface area (Å²) >= 11 is 6.10. The van der Waals surface area contributed by atoms with Crippen molar-refractivity contribution >= 4 is 24.0 Å². The van der Waals surface area contributed by atoms with Crippen molar-refractivity contribution in [2.24, 2.45) is 0 Å². The van der Waals surface area contributed by atoms with E-state index in [-0.39, 0.29) is 18.4 Å². The van der Waals surface area contributed by atoms with Crippen LogP contribution in [0.4, 0.5) is 0 Å². The molecule has 0 radical (unpaired) electrons. The quantitative estimate of drug-likeness (QED) is 0.863. The third-order valence-corrected chi connectivity index (χ3v) is 3.36. The Kier molecular flexibility index (Phi) is 4.70. The highest BCUT2D eigenvalue weighted by atomic mass is 35.5. The molecule has 1 aliphatic rings. The van der Waals surface area contributed by atoms with Gasteiger partial charge in [-0.05, 0) is 23.8 Å². The number of fused-ring (bicyclic) bond motifs is 1. The lowest BCUT2D eigenvalue weighted by molar-refractivity contribution is 0.325. The van der Waals surface area contributed by atoms with Gasteiger partial charge in [0.05, 0.1) is 6.04 Å². The average Bonchev–Trinajstić information content (AvgIpc) is 2.61. The number of halogens is 2. The number of hydrogen-bond donors (Lipinski definition) is 1. The van der Waals surface area contributed by atoms with Gasteiger partial charge in [-0.3, -0.25) is 0 Å². The summed E-state index contributed by atoms with van der Waals surface area (Å²) < 4.78 is 5.73. The molecule has 0 bridgehead atoms. The zero-order valence-corrected chi connectivity index (χ0v) is 11.9. The molecular formula is C15H15Cl2NO. The highest BCUT2D eigenvalue weighted by molar-refractivity contribution is 6.30. The molecule has 100 valence electrons. The van der Waals surface area contributed by atoms with E-state index in [9.17, 15) is 0 Å². The van der Waals surface area contributed by atoms with E-state index in [1.807, 2.05) is 36.4 Å². The highest BCUT2D eigenvalue weighted by Crippen LogP contribution is 2.33. The molecule has 0 aliphatic carbocycles. The Morgan fingerprint density at radius 3 is 2.68 bits per heavy atom. The van der Waals surface area contributed by atoms with Crippen molar-refractivity contribution in [3.8, 4) is 5.75 Å². The van der Waals surface area contributed by atoms with E-state index in [1.54, 1.807) is 0 Å². The molecule has 0 aromatic heterocycles. The molecule has 2 aromatic carbocycles. The number of rotatable bonds is 1. The standard InChI is InChI=1S/C15H14ClNO.ClH/c16-12-6-7-14-13(10-12)15(17-8-9-18-14)11-4-2-1-3-5-11;/h1-7,10,15,17H,8-9H2;1H. The Labute approximate surface area is 124 Å². The molecule has 2 nitrogen and oxygen atoms in total. The molecule has 1 atom stereocenters. The minimum absolute atomic E-state index is 0. The van der Waals surface area contributed by atoms with Crippen molar-refractivity contribution in [2.75, 3.05) is 13.2 Å². The van der Waals surface area contributed by atoms with Crippen LogP contribution in [-0.4, -0.2) is 13.2 Å². The van der Waals surface area contributed by atoms with Crippen LogP contribution in [0.25, 0.3) is 0 Å². The summed E-state index contributed by atoms with van der Waals surface area (Å²) in [5.41, 5.74) is 2.33. The summed E-state index contributed by atoms with van der Waals surface area (Å²) in [6.07, 6.45) is 0. The topological polar surface area (TPSA) is 21.3 Å². The second kappa shape index (κ2) is 6.29. The van der Waals surface area contributed by atoms with E-state index < -0.39 is 0 Å². The summed E-state index contributed by atoms with van der Waals surface area (Å²) in [5, 5.41) is 4.24. The molecule has 1 unspecified atom stereocenters. The van der Waals surface area contributed by atoms with E-state index >= 15 is 0 Å². The van der Waals surface area contributed by atoms with Crippen molar-refractivity contribution in [3.63, 3.8) is 0 Å². The van der Waals surface area contributed by atoms with Crippen molar-refractivity contribution in [1.82, 2.24) is 5.32 Å². The monoisotopic (exact) mass is 295 g/mol. The first-order valence-corrected chi connectivity index (χ1v) is 6.43. The lowest BCUT2D eigenvalue weighted by atomic mass is 9.98. The van der Waals surface area contributed by atoms with Gasteiger partial charge in [-0.1, -0.05) is 41.9 Å². The van der Waals surface area contributed by atoms with Crippen molar-refractivity contribution in [3.05, 3.63) is 64.7 Å². The summed E-state index contributed by atoms with van der Waals surface area (Å²) in [7, 11) is 0. The van der Waals surface area contributed by atoms with Crippen LogP contribution in [0.1, 0.15) is 17.2 Å². The minimum atomic E-state index is 0. The van der Waals surface area contributed by atoms with Crippen LogP contribution in [0.2, 0.25) is 5.02 Å². The van der Waals surface area contributed by atoms with E-state index in [1.165, 1.54) is 5.56 Å². The SMILES string of the molecule is Cl.Clc1ccc2c(c1)C(c1ccccc1)NCCO2. The van der Waals surface area contributed by atoms with E-state index in [4.69, 9.17) is 16.3 Å². The Balaban J connectivity index is 0.00000133. The van der Waals surface area contributed by atoms with Gasteiger partial charge in [0.1, 0.15) is 12.4 Å². The van der Waals surface area contributed by atoms with Gasteiger partial charge in [0.25, 0.3) is 0 Å². The number of ether oxygens (including phenoxy) is 1. The maximum atomic E-state index is 6.10. The van der Waals surface area contributed by atoms with Gasteiger partial charge in [-0.2, -0.15) is 0 Å². The summed E-state index contributed by atoms with van der Waals surface area (Å²) in [4.78, 5) is 0. The molecule has 1 heterocycles. The van der Waals surface area contributed by atoms with Gasteiger partial charge in [-0.25, -0.2) is 0 Å². The van der Waals surface area contributed by atoms with Crippen LogP contribution in [0.5, 0.6) is 5.75 Å². The summed E-state index contributed by atoms with van der Waals surface area (Å²) in [6.45, 7) is 1.50. The molecule has 0 saturated heterocycles. The van der Waals surface area contributed by atoms with Gasteiger partial charge in [0, 0.05) is 17.1 Å². The molecule has 19 heavy (non-hydrogen) atoms. The minimum Gasteiger partial charge on any atom is -0.492 e. The van der Waals surface area contributed by atoms with Crippen LogP contribution in [-0.2, 0) is 0 Å². The van der Waals surface area contributed by atoms with Crippen LogP contribution in [0, 0.1) is 0 Å². The summed E-state index contributed by atoms with van der Waals surface area (Å²) in [5.74, 6) is 0.915. The fourth-order valence-corrected chi connectivity index (χ4v) is 2.47. The Morgan fingerprint density at radius 2 is 1.89 bits per heavy atom. The molecule has 1 aliphatic heterocycles. The molecule has 0 amide bonds. The third kappa shape index (κ3) is 3.03. The molecule has 1 N–H and O–H groups in total. The molecule has 4 heteroatoms. The van der Waals surface area contributed by atoms with Gasteiger partial charge < -0.3 is 10.1 Å². The molecular weight excluding hydrogens is 281 g/mol. The van der Waals surface area contributed by atoms with Crippen molar-refractivity contribution in [1.29, 1.82) is 0 Å². The number of nitrogens with one attached hydrogen (secondary N) is 1. The maximum Gasteiger partial charge on any atom is 0.124 e. The maximum absolute atomic E-state index is 6.10. The fraction of sp³-hybridized carbons (Fsp3) is 0.200. The first-order valence-electron chi connectivity index (χ1n) is 6.05. The number of hydrogen-bond acceptors (Lipinski definition) is 2. The van der Waals surface area contributed by atoms with Crippen molar-refractivity contribution in [2.45, 2.75) is 6.04 Å². The van der Waals surface area contributed by atoms with Crippen LogP contribution >= 0.6 is 24.0 Å².